The number of nitrogens with one attached hydrogen (secondary N) is 1. The number of anilines is 1. The van der Waals surface area contributed by atoms with Crippen molar-refractivity contribution in [2.75, 3.05) is 25.6 Å². The van der Waals surface area contributed by atoms with Gasteiger partial charge in [-0.1, -0.05) is 11.6 Å². The van der Waals surface area contributed by atoms with Crippen LogP contribution in [0, 0.1) is 0 Å². The van der Waals surface area contributed by atoms with Crippen LogP contribution in [0.2, 0.25) is 5.02 Å². The molecule has 6 heteroatoms. The van der Waals surface area contributed by atoms with Gasteiger partial charge in [-0.3, -0.25) is 4.79 Å². The minimum absolute atomic E-state index is 0.282. The van der Waals surface area contributed by atoms with Gasteiger partial charge in [0.05, 0.1) is 23.4 Å². The summed E-state index contributed by atoms with van der Waals surface area (Å²) in [5.41, 5.74) is 6.31. The Morgan fingerprint density at radius 2 is 2.16 bits per heavy atom. The molecule has 2 rings (SSSR count). The van der Waals surface area contributed by atoms with Gasteiger partial charge in [-0.15, -0.1) is 0 Å². The third-order valence-electron chi connectivity index (χ3n) is 3.14. The van der Waals surface area contributed by atoms with Crippen LogP contribution >= 0.6 is 11.6 Å². The Morgan fingerprint density at radius 3 is 2.74 bits per heavy atom. The zero-order chi connectivity index (χ0) is 13.8. The Kier molecular flexibility index (Phi) is 4.50. The maximum atomic E-state index is 11.3. The molecule has 0 aliphatic carbocycles. The van der Waals surface area contributed by atoms with Gasteiger partial charge in [-0.25, -0.2) is 0 Å². The molecule has 1 heterocycles. The van der Waals surface area contributed by atoms with Gasteiger partial charge in [0.15, 0.2) is 0 Å². The standard InChI is InChI=1S/C13H17ClN2O3/c1-18-12-7-11(10(14)6-9(12)13(15)17)16-8-2-4-19-5-3-8/h6-8,16H,2-5H2,1H3,(H2,15,17). The Labute approximate surface area is 117 Å². The highest BCUT2D eigenvalue weighted by atomic mass is 35.5. The number of methoxy groups -OCH3 is 1. The van der Waals surface area contributed by atoms with Crippen molar-refractivity contribution >= 4 is 23.2 Å². The van der Waals surface area contributed by atoms with E-state index >= 15 is 0 Å². The van der Waals surface area contributed by atoms with Crippen molar-refractivity contribution < 1.29 is 14.3 Å². The summed E-state index contributed by atoms with van der Waals surface area (Å²) in [6.07, 6.45) is 1.85. The summed E-state index contributed by atoms with van der Waals surface area (Å²) >= 11 is 6.16. The highest BCUT2D eigenvalue weighted by Gasteiger charge is 2.17. The molecule has 0 unspecified atom stereocenters. The molecule has 3 N–H and O–H groups in total. The number of benzene rings is 1. The van der Waals surface area contributed by atoms with E-state index in [4.69, 9.17) is 26.8 Å². The number of amides is 1. The van der Waals surface area contributed by atoms with Crippen molar-refractivity contribution in [2.45, 2.75) is 18.9 Å². The molecule has 19 heavy (non-hydrogen) atoms. The second-order valence-electron chi connectivity index (χ2n) is 4.43. The van der Waals surface area contributed by atoms with Crippen molar-refractivity contribution in [1.82, 2.24) is 0 Å². The molecule has 0 atom stereocenters. The van der Waals surface area contributed by atoms with E-state index in [1.54, 1.807) is 6.07 Å². The molecule has 1 aliphatic heterocycles. The molecular weight excluding hydrogens is 268 g/mol. The van der Waals surface area contributed by atoms with E-state index in [0.29, 0.717) is 16.8 Å². The van der Waals surface area contributed by atoms with E-state index in [1.165, 1.54) is 13.2 Å². The van der Waals surface area contributed by atoms with Crippen LogP contribution in [0.3, 0.4) is 0 Å². The lowest BCUT2D eigenvalue weighted by molar-refractivity contribution is 0.0904. The lowest BCUT2D eigenvalue weighted by atomic mass is 10.1. The maximum Gasteiger partial charge on any atom is 0.252 e. The van der Waals surface area contributed by atoms with E-state index in [2.05, 4.69) is 5.32 Å². The van der Waals surface area contributed by atoms with Crippen LogP contribution in [0.5, 0.6) is 5.75 Å². The van der Waals surface area contributed by atoms with E-state index in [0.717, 1.165) is 31.7 Å². The largest absolute Gasteiger partial charge is 0.496 e. The van der Waals surface area contributed by atoms with Gasteiger partial charge in [0.2, 0.25) is 0 Å². The van der Waals surface area contributed by atoms with Gasteiger partial charge in [0.25, 0.3) is 5.91 Å². The van der Waals surface area contributed by atoms with E-state index < -0.39 is 5.91 Å². The first-order valence-electron chi connectivity index (χ1n) is 6.13. The number of carbonyl (C=O) groups is 1. The van der Waals surface area contributed by atoms with Gasteiger partial charge in [0, 0.05) is 25.3 Å². The van der Waals surface area contributed by atoms with Gasteiger partial charge in [0.1, 0.15) is 5.75 Å². The molecule has 104 valence electrons. The number of halogens is 1. The first kappa shape index (κ1) is 14.0. The van der Waals surface area contributed by atoms with Crippen LogP contribution in [0.1, 0.15) is 23.2 Å². The molecule has 1 amide bonds. The zero-order valence-electron chi connectivity index (χ0n) is 10.7. The summed E-state index contributed by atoms with van der Waals surface area (Å²) < 4.78 is 10.5. The molecular formula is C13H17ClN2O3. The number of nitrogens with two attached hydrogens (primary N) is 1. The van der Waals surface area contributed by atoms with Gasteiger partial charge < -0.3 is 20.5 Å². The van der Waals surface area contributed by atoms with Gasteiger partial charge in [-0.05, 0) is 18.9 Å². The summed E-state index contributed by atoms with van der Waals surface area (Å²) in [5, 5.41) is 3.81. The molecule has 1 aromatic rings. The van der Waals surface area contributed by atoms with E-state index in [1.807, 2.05) is 0 Å². The lowest BCUT2D eigenvalue weighted by Crippen LogP contribution is -2.28. The second kappa shape index (κ2) is 6.12. The van der Waals surface area contributed by atoms with Crippen molar-refractivity contribution in [3.8, 4) is 5.75 Å². The predicted molar refractivity (Wildman–Crippen MR) is 74.0 cm³/mol. The third-order valence-corrected chi connectivity index (χ3v) is 3.45. The summed E-state index contributed by atoms with van der Waals surface area (Å²) in [6, 6.07) is 3.55. The fourth-order valence-corrected chi connectivity index (χ4v) is 2.31. The number of hydrogen-bond donors (Lipinski definition) is 2. The van der Waals surface area contributed by atoms with Crippen molar-refractivity contribution in [2.24, 2.45) is 5.73 Å². The molecule has 0 radical (unpaired) electrons. The van der Waals surface area contributed by atoms with Crippen LogP contribution in [0.4, 0.5) is 5.69 Å². The van der Waals surface area contributed by atoms with E-state index in [-0.39, 0.29) is 5.56 Å². The van der Waals surface area contributed by atoms with Crippen LogP contribution < -0.4 is 15.8 Å². The van der Waals surface area contributed by atoms with Crippen LogP contribution in [0.25, 0.3) is 0 Å². The Bertz CT molecular complexity index is 473. The molecule has 1 aromatic carbocycles. The lowest BCUT2D eigenvalue weighted by Gasteiger charge is -2.25. The first-order chi connectivity index (χ1) is 9.11. The quantitative estimate of drug-likeness (QED) is 0.887. The Hall–Kier alpha value is -1.46. The van der Waals surface area contributed by atoms with Crippen molar-refractivity contribution in [1.29, 1.82) is 0 Å². The second-order valence-corrected chi connectivity index (χ2v) is 4.83. The predicted octanol–water partition coefficient (Wildman–Crippen LogP) is 2.04. The molecule has 0 saturated carbocycles. The Balaban J connectivity index is 2.22. The number of hydrogen-bond acceptors (Lipinski definition) is 4. The molecule has 0 spiro atoms. The fourth-order valence-electron chi connectivity index (χ4n) is 2.09. The average Bonchev–Trinajstić information content (AvgIpc) is 2.41. The molecule has 0 bridgehead atoms. The topological polar surface area (TPSA) is 73.6 Å². The van der Waals surface area contributed by atoms with Crippen LogP contribution in [-0.4, -0.2) is 32.3 Å². The number of rotatable bonds is 4. The van der Waals surface area contributed by atoms with Gasteiger partial charge in [-0.2, -0.15) is 0 Å². The van der Waals surface area contributed by atoms with E-state index in [9.17, 15) is 4.79 Å². The normalized spacial score (nSPS) is 16.1. The smallest absolute Gasteiger partial charge is 0.252 e. The fraction of sp³-hybridized carbons (Fsp3) is 0.462. The first-order valence-corrected chi connectivity index (χ1v) is 6.51. The molecule has 5 nitrogen and oxygen atoms in total. The molecule has 0 aromatic heterocycles. The average molecular weight is 285 g/mol. The van der Waals surface area contributed by atoms with Crippen LogP contribution in [0.15, 0.2) is 12.1 Å². The summed E-state index contributed by atoms with van der Waals surface area (Å²) in [4.78, 5) is 11.3. The molecule has 1 fully saturated rings. The molecule has 1 aliphatic rings. The highest BCUT2D eigenvalue weighted by molar-refractivity contribution is 6.33. The maximum absolute atomic E-state index is 11.3. The van der Waals surface area contributed by atoms with Crippen LogP contribution in [-0.2, 0) is 4.74 Å². The summed E-state index contributed by atoms with van der Waals surface area (Å²) in [5.74, 6) is -0.136. The minimum Gasteiger partial charge on any atom is -0.496 e. The van der Waals surface area contributed by atoms with Crippen molar-refractivity contribution in [3.05, 3.63) is 22.7 Å². The molecule has 1 saturated heterocycles. The van der Waals surface area contributed by atoms with Crippen molar-refractivity contribution in [3.63, 3.8) is 0 Å². The zero-order valence-corrected chi connectivity index (χ0v) is 11.5. The SMILES string of the molecule is COc1cc(NC2CCOCC2)c(Cl)cc1C(N)=O. The van der Waals surface area contributed by atoms with Gasteiger partial charge >= 0.3 is 0 Å². The summed E-state index contributed by atoms with van der Waals surface area (Å²) in [7, 11) is 1.49. The number of carbonyl (C=O) groups excluding carboxylic acids is 1. The highest BCUT2D eigenvalue weighted by Crippen LogP contribution is 2.32. The minimum atomic E-state index is -0.559. The number of primary amides is 1. The summed E-state index contributed by atoms with van der Waals surface area (Å²) in [6.45, 7) is 1.48. The Morgan fingerprint density at radius 1 is 1.47 bits per heavy atom. The third kappa shape index (κ3) is 3.30. The monoisotopic (exact) mass is 284 g/mol. The number of ether oxygens (including phenoxy) is 2.